The summed E-state index contributed by atoms with van der Waals surface area (Å²) in [7, 11) is 0. The Hall–Kier alpha value is -1.64. The molecule has 1 atom stereocenters. The zero-order valence-electron chi connectivity index (χ0n) is 8.14. The Kier molecular flexibility index (Phi) is 3.40. The van der Waals surface area contributed by atoms with E-state index in [1.807, 2.05) is 30.3 Å². The third kappa shape index (κ3) is 2.69. The van der Waals surface area contributed by atoms with Crippen molar-refractivity contribution in [3.8, 4) is 0 Å². The van der Waals surface area contributed by atoms with Crippen LogP contribution in [-0.4, -0.2) is 11.0 Å². The molecule has 0 aliphatic carbocycles. The van der Waals surface area contributed by atoms with E-state index in [9.17, 15) is 10.1 Å². The molecule has 0 amide bonds. The number of nitrogens with zero attached hydrogens (tertiary/aromatic N) is 1. The third-order valence-corrected chi connectivity index (χ3v) is 2.18. The first kappa shape index (κ1) is 10.4. The van der Waals surface area contributed by atoms with Crippen LogP contribution >= 0.6 is 0 Å². The Labute approximate surface area is 83.2 Å². The van der Waals surface area contributed by atoms with Gasteiger partial charge in [0.25, 0.3) is 0 Å². The summed E-state index contributed by atoms with van der Waals surface area (Å²) >= 11 is 0. The smallest absolute Gasteiger partial charge is 0.231 e. The topological polar surface area (TPSA) is 43.1 Å². The third-order valence-electron chi connectivity index (χ3n) is 2.18. The van der Waals surface area contributed by atoms with Crippen LogP contribution in [0.3, 0.4) is 0 Å². The van der Waals surface area contributed by atoms with Gasteiger partial charge in [0.2, 0.25) is 6.04 Å². The van der Waals surface area contributed by atoms with Gasteiger partial charge >= 0.3 is 0 Å². The molecule has 0 fully saturated rings. The summed E-state index contributed by atoms with van der Waals surface area (Å²) in [5, 5.41) is 10.5. The Bertz CT molecular complexity index is 332. The van der Waals surface area contributed by atoms with E-state index in [4.69, 9.17) is 0 Å². The van der Waals surface area contributed by atoms with Gasteiger partial charge in [-0.2, -0.15) is 0 Å². The van der Waals surface area contributed by atoms with Crippen molar-refractivity contribution in [1.82, 2.24) is 0 Å². The van der Waals surface area contributed by atoms with E-state index in [2.05, 4.69) is 6.58 Å². The van der Waals surface area contributed by atoms with E-state index in [0.29, 0.717) is 12.0 Å². The van der Waals surface area contributed by atoms with Crippen molar-refractivity contribution in [3.63, 3.8) is 0 Å². The SMILES string of the molecule is C=C(Cc1ccccc1)C(C)[N+](=O)[O-]. The standard InChI is InChI=1S/C11H13NO2/c1-9(10(2)12(13)14)8-11-6-4-3-5-7-11/h3-7,10H,1,8H2,2H3. The molecule has 3 nitrogen and oxygen atoms in total. The van der Waals surface area contributed by atoms with Crippen LogP contribution in [0.1, 0.15) is 12.5 Å². The van der Waals surface area contributed by atoms with E-state index in [-0.39, 0.29) is 4.92 Å². The van der Waals surface area contributed by atoms with Gasteiger partial charge in [-0.25, -0.2) is 0 Å². The van der Waals surface area contributed by atoms with E-state index < -0.39 is 6.04 Å². The molecule has 0 aliphatic rings. The lowest BCUT2D eigenvalue weighted by Gasteiger charge is -2.07. The van der Waals surface area contributed by atoms with E-state index >= 15 is 0 Å². The molecule has 1 aromatic carbocycles. The van der Waals surface area contributed by atoms with Crippen LogP contribution in [-0.2, 0) is 6.42 Å². The zero-order chi connectivity index (χ0) is 10.6. The molecule has 1 rings (SSSR count). The molecule has 0 saturated heterocycles. The second-order valence-electron chi connectivity index (χ2n) is 3.28. The van der Waals surface area contributed by atoms with Crippen molar-refractivity contribution < 1.29 is 4.92 Å². The van der Waals surface area contributed by atoms with E-state index in [1.54, 1.807) is 6.92 Å². The maximum Gasteiger partial charge on any atom is 0.231 e. The minimum absolute atomic E-state index is 0.314. The van der Waals surface area contributed by atoms with Crippen molar-refractivity contribution in [2.45, 2.75) is 19.4 Å². The van der Waals surface area contributed by atoms with Crippen LogP contribution in [0.15, 0.2) is 42.5 Å². The van der Waals surface area contributed by atoms with Crippen molar-refractivity contribution in [3.05, 3.63) is 58.2 Å². The van der Waals surface area contributed by atoms with E-state index in [0.717, 1.165) is 5.56 Å². The van der Waals surface area contributed by atoms with Crippen LogP contribution in [0, 0.1) is 10.1 Å². The minimum atomic E-state index is -0.671. The molecular formula is C11H13NO2. The fourth-order valence-electron chi connectivity index (χ4n) is 1.15. The van der Waals surface area contributed by atoms with Gasteiger partial charge in [0.1, 0.15) is 0 Å². The molecule has 3 heteroatoms. The zero-order valence-corrected chi connectivity index (χ0v) is 8.14. The predicted molar refractivity (Wildman–Crippen MR) is 55.7 cm³/mol. The van der Waals surface area contributed by atoms with Gasteiger partial charge in [-0.1, -0.05) is 36.9 Å². The van der Waals surface area contributed by atoms with Crippen molar-refractivity contribution >= 4 is 0 Å². The van der Waals surface area contributed by atoms with Crippen molar-refractivity contribution in [2.24, 2.45) is 0 Å². The lowest BCUT2D eigenvalue weighted by molar-refractivity contribution is -0.507. The summed E-state index contributed by atoms with van der Waals surface area (Å²) < 4.78 is 0. The molecule has 0 heterocycles. The maximum absolute atomic E-state index is 10.5. The van der Waals surface area contributed by atoms with Gasteiger partial charge in [-0.3, -0.25) is 10.1 Å². The predicted octanol–water partition coefficient (Wildman–Crippen LogP) is 2.45. The monoisotopic (exact) mass is 191 g/mol. The first-order chi connectivity index (χ1) is 6.61. The van der Waals surface area contributed by atoms with Gasteiger partial charge in [-0.05, 0) is 17.6 Å². The highest BCUT2D eigenvalue weighted by molar-refractivity contribution is 5.21. The Morgan fingerprint density at radius 2 is 2.07 bits per heavy atom. The van der Waals surface area contributed by atoms with Crippen LogP contribution in [0.25, 0.3) is 0 Å². The average molecular weight is 191 g/mol. The molecule has 0 spiro atoms. The average Bonchev–Trinajstić information content (AvgIpc) is 2.18. The summed E-state index contributed by atoms with van der Waals surface area (Å²) in [4.78, 5) is 10.2. The fourth-order valence-corrected chi connectivity index (χ4v) is 1.15. The molecule has 0 aromatic heterocycles. The molecule has 0 N–H and O–H groups in total. The first-order valence-electron chi connectivity index (χ1n) is 4.46. The van der Waals surface area contributed by atoms with Crippen LogP contribution in [0.4, 0.5) is 0 Å². The van der Waals surface area contributed by atoms with Crippen molar-refractivity contribution in [1.29, 1.82) is 0 Å². The molecule has 0 radical (unpaired) electrons. The summed E-state index contributed by atoms with van der Waals surface area (Å²) in [5.74, 6) is 0. The summed E-state index contributed by atoms with van der Waals surface area (Å²) in [5.41, 5.74) is 1.70. The second-order valence-corrected chi connectivity index (χ2v) is 3.28. The largest absolute Gasteiger partial charge is 0.264 e. The van der Waals surface area contributed by atoms with E-state index in [1.165, 1.54) is 0 Å². The molecule has 0 saturated carbocycles. The van der Waals surface area contributed by atoms with Crippen LogP contribution in [0.5, 0.6) is 0 Å². The molecule has 74 valence electrons. The maximum atomic E-state index is 10.5. The van der Waals surface area contributed by atoms with Gasteiger partial charge in [0.05, 0.1) is 0 Å². The fraction of sp³-hybridized carbons (Fsp3) is 0.273. The molecule has 0 bridgehead atoms. The summed E-state index contributed by atoms with van der Waals surface area (Å²) in [6.45, 7) is 5.29. The van der Waals surface area contributed by atoms with Crippen LogP contribution < -0.4 is 0 Å². The normalized spacial score (nSPS) is 12.1. The molecule has 1 unspecified atom stereocenters. The number of hydrogen-bond donors (Lipinski definition) is 0. The highest BCUT2D eigenvalue weighted by atomic mass is 16.6. The summed E-state index contributed by atoms with van der Waals surface area (Å²) in [6, 6.07) is 8.97. The molecule has 14 heavy (non-hydrogen) atoms. The Balaban J connectivity index is 2.62. The lowest BCUT2D eigenvalue weighted by Crippen LogP contribution is -2.18. The van der Waals surface area contributed by atoms with Crippen LogP contribution in [0.2, 0.25) is 0 Å². The quantitative estimate of drug-likeness (QED) is 0.417. The highest BCUT2D eigenvalue weighted by Crippen LogP contribution is 2.11. The number of hydrogen-bond acceptors (Lipinski definition) is 2. The highest BCUT2D eigenvalue weighted by Gasteiger charge is 2.16. The minimum Gasteiger partial charge on any atom is -0.264 e. The van der Waals surface area contributed by atoms with Gasteiger partial charge < -0.3 is 0 Å². The molecule has 1 aromatic rings. The number of rotatable bonds is 4. The first-order valence-corrected chi connectivity index (χ1v) is 4.46. The van der Waals surface area contributed by atoms with Gasteiger partial charge in [0, 0.05) is 11.8 Å². The number of benzene rings is 1. The van der Waals surface area contributed by atoms with Gasteiger partial charge in [-0.15, -0.1) is 0 Å². The summed E-state index contributed by atoms with van der Waals surface area (Å²) in [6.07, 6.45) is 0.572. The number of nitro groups is 1. The van der Waals surface area contributed by atoms with Gasteiger partial charge in [0.15, 0.2) is 0 Å². The Morgan fingerprint density at radius 1 is 1.50 bits per heavy atom. The van der Waals surface area contributed by atoms with Crippen molar-refractivity contribution in [2.75, 3.05) is 0 Å². The Morgan fingerprint density at radius 3 is 2.57 bits per heavy atom. The molecular weight excluding hydrogens is 178 g/mol. The molecule has 0 aliphatic heterocycles. The second kappa shape index (κ2) is 4.56. The lowest BCUT2D eigenvalue weighted by atomic mass is 10.0.